The van der Waals surface area contributed by atoms with E-state index in [1.54, 1.807) is 0 Å². The molecule has 0 aliphatic heterocycles. The van der Waals surface area contributed by atoms with E-state index in [-0.39, 0.29) is 23.2 Å². The van der Waals surface area contributed by atoms with E-state index in [1.807, 2.05) is 0 Å². The highest BCUT2D eigenvalue weighted by molar-refractivity contribution is 5.78. The maximum atomic E-state index is 10.9. The summed E-state index contributed by atoms with van der Waals surface area (Å²) in [4.78, 5) is 26.0. The van der Waals surface area contributed by atoms with Gasteiger partial charge in [-0.1, -0.05) is 0 Å². The molecule has 0 aliphatic rings. The van der Waals surface area contributed by atoms with Crippen LogP contribution in [0.15, 0.2) is 28.4 Å². The summed E-state index contributed by atoms with van der Waals surface area (Å²) in [5, 5.41) is 0. The Balaban J connectivity index is 2.77. The zero-order valence-electron chi connectivity index (χ0n) is 7.53. The van der Waals surface area contributed by atoms with Crippen LogP contribution in [0.5, 0.6) is 0 Å². The number of nitrogens with zero attached hydrogens (tertiary/aromatic N) is 5. The minimum Gasteiger partial charge on any atom is -0.370 e. The molecule has 8 heteroatoms. The SMILES string of the molecule is NC(N)=Nc1ncnc2nc(=O)ccn12. The third-order valence-corrected chi connectivity index (χ3v) is 1.58. The number of hydrogen-bond donors (Lipinski definition) is 2. The van der Waals surface area contributed by atoms with E-state index < -0.39 is 0 Å². The Morgan fingerprint density at radius 3 is 2.93 bits per heavy atom. The molecule has 0 aliphatic carbocycles. The Kier molecular flexibility index (Phi) is 2.01. The van der Waals surface area contributed by atoms with Gasteiger partial charge in [-0.3, -0.25) is 9.20 Å². The predicted octanol–water partition coefficient (Wildman–Crippen LogP) is -1.61. The maximum absolute atomic E-state index is 10.9. The van der Waals surface area contributed by atoms with Gasteiger partial charge in [-0.25, -0.2) is 9.97 Å². The first kappa shape index (κ1) is 9.06. The smallest absolute Gasteiger partial charge is 0.274 e. The highest BCUT2D eigenvalue weighted by Crippen LogP contribution is 2.05. The first-order valence-corrected chi connectivity index (χ1v) is 3.97. The van der Waals surface area contributed by atoms with E-state index in [2.05, 4.69) is 19.9 Å². The second-order valence-corrected chi connectivity index (χ2v) is 2.65. The predicted molar refractivity (Wildman–Crippen MR) is 52.5 cm³/mol. The molecule has 2 aromatic heterocycles. The van der Waals surface area contributed by atoms with Gasteiger partial charge in [0.15, 0.2) is 5.96 Å². The fourth-order valence-electron chi connectivity index (χ4n) is 1.03. The van der Waals surface area contributed by atoms with Crippen molar-refractivity contribution in [2.75, 3.05) is 0 Å². The van der Waals surface area contributed by atoms with Crippen molar-refractivity contribution in [1.29, 1.82) is 0 Å². The van der Waals surface area contributed by atoms with E-state index in [9.17, 15) is 4.79 Å². The van der Waals surface area contributed by atoms with Crippen LogP contribution in [0.25, 0.3) is 5.78 Å². The Morgan fingerprint density at radius 1 is 1.40 bits per heavy atom. The summed E-state index contributed by atoms with van der Waals surface area (Å²) in [5.74, 6) is 0.277. The first-order chi connectivity index (χ1) is 7.16. The van der Waals surface area contributed by atoms with Crippen LogP contribution in [0.2, 0.25) is 0 Å². The average molecular weight is 205 g/mol. The lowest BCUT2D eigenvalue weighted by Gasteiger charge is -2.00. The average Bonchev–Trinajstić information content (AvgIpc) is 2.16. The third-order valence-electron chi connectivity index (χ3n) is 1.58. The summed E-state index contributed by atoms with van der Waals surface area (Å²) in [6, 6.07) is 1.27. The first-order valence-electron chi connectivity index (χ1n) is 3.97. The van der Waals surface area contributed by atoms with E-state index in [4.69, 9.17) is 11.5 Å². The van der Waals surface area contributed by atoms with Crippen molar-refractivity contribution in [2.45, 2.75) is 0 Å². The monoisotopic (exact) mass is 205 g/mol. The normalized spacial score (nSPS) is 10.1. The summed E-state index contributed by atoms with van der Waals surface area (Å²) < 4.78 is 1.40. The van der Waals surface area contributed by atoms with Crippen LogP contribution in [0.1, 0.15) is 0 Å². The molecule has 2 heterocycles. The van der Waals surface area contributed by atoms with Gasteiger partial charge in [0.05, 0.1) is 0 Å². The molecule has 0 atom stereocenters. The number of aliphatic imine (C=N–C) groups is 1. The summed E-state index contributed by atoms with van der Waals surface area (Å²) >= 11 is 0. The third kappa shape index (κ3) is 1.73. The van der Waals surface area contributed by atoms with E-state index >= 15 is 0 Å². The number of aromatic nitrogens is 4. The molecule has 4 N–H and O–H groups in total. The molecule has 0 radical (unpaired) electrons. The summed E-state index contributed by atoms with van der Waals surface area (Å²) in [5.41, 5.74) is 10.0. The van der Waals surface area contributed by atoms with Gasteiger partial charge in [-0.2, -0.15) is 9.98 Å². The van der Waals surface area contributed by atoms with Crippen LogP contribution < -0.4 is 17.0 Å². The molecule has 2 aromatic rings. The highest BCUT2D eigenvalue weighted by atomic mass is 16.1. The molecule has 15 heavy (non-hydrogen) atoms. The van der Waals surface area contributed by atoms with Gasteiger partial charge in [0.25, 0.3) is 5.56 Å². The van der Waals surface area contributed by atoms with Crippen molar-refractivity contribution < 1.29 is 0 Å². The maximum Gasteiger partial charge on any atom is 0.274 e. The van der Waals surface area contributed by atoms with Crippen LogP contribution in [-0.2, 0) is 0 Å². The van der Waals surface area contributed by atoms with Gasteiger partial charge in [0, 0.05) is 12.3 Å². The molecule has 0 spiro atoms. The Hall–Kier alpha value is -2.51. The van der Waals surface area contributed by atoms with Gasteiger partial charge in [-0.05, 0) is 0 Å². The van der Waals surface area contributed by atoms with Crippen molar-refractivity contribution >= 4 is 17.7 Å². The molecular weight excluding hydrogens is 198 g/mol. The van der Waals surface area contributed by atoms with E-state index in [0.29, 0.717) is 0 Å². The van der Waals surface area contributed by atoms with Crippen LogP contribution in [-0.4, -0.2) is 25.3 Å². The lowest BCUT2D eigenvalue weighted by molar-refractivity contribution is 0.949. The Bertz CT molecular complexity index is 583. The number of hydrogen-bond acceptors (Lipinski definition) is 5. The van der Waals surface area contributed by atoms with Gasteiger partial charge >= 0.3 is 0 Å². The van der Waals surface area contributed by atoms with Crippen molar-refractivity contribution in [1.82, 2.24) is 19.4 Å². The van der Waals surface area contributed by atoms with Crippen LogP contribution in [0.4, 0.5) is 5.95 Å². The topological polar surface area (TPSA) is 125 Å². The number of rotatable bonds is 1. The van der Waals surface area contributed by atoms with Crippen LogP contribution >= 0.6 is 0 Å². The summed E-state index contributed by atoms with van der Waals surface area (Å²) in [6.45, 7) is 0. The number of fused-ring (bicyclic) bond motifs is 1. The lowest BCUT2D eigenvalue weighted by atomic mass is 10.6. The quantitative estimate of drug-likeness (QED) is 0.426. The molecule has 2 rings (SSSR count). The highest BCUT2D eigenvalue weighted by Gasteiger charge is 2.01. The molecule has 0 fully saturated rings. The second kappa shape index (κ2) is 3.33. The zero-order valence-corrected chi connectivity index (χ0v) is 7.53. The summed E-state index contributed by atoms with van der Waals surface area (Å²) in [7, 11) is 0. The molecule has 8 nitrogen and oxygen atoms in total. The molecule has 0 amide bonds. The second-order valence-electron chi connectivity index (χ2n) is 2.65. The Labute approximate surface area is 83.3 Å². The standard InChI is InChI=1S/C7H7N7O/c8-5(9)13-7-11-3-10-6-12-4(15)1-2-14(6)7/h1-3H,(H4,8,9,10,11,12,13,15). The molecule has 0 aromatic carbocycles. The minimum atomic E-state index is -0.385. The molecule has 0 bridgehead atoms. The van der Waals surface area contributed by atoms with Crippen LogP contribution in [0.3, 0.4) is 0 Å². The molecule has 0 saturated heterocycles. The zero-order chi connectivity index (χ0) is 10.8. The fourth-order valence-corrected chi connectivity index (χ4v) is 1.03. The van der Waals surface area contributed by atoms with Gasteiger partial charge in [0.2, 0.25) is 11.7 Å². The number of guanidine groups is 1. The lowest BCUT2D eigenvalue weighted by Crippen LogP contribution is -2.22. The van der Waals surface area contributed by atoms with Crippen molar-refractivity contribution in [3.8, 4) is 0 Å². The summed E-state index contributed by atoms with van der Waals surface area (Å²) in [6.07, 6.45) is 2.68. The van der Waals surface area contributed by atoms with Crippen molar-refractivity contribution in [3.63, 3.8) is 0 Å². The molecule has 76 valence electrons. The molecular formula is C7H7N7O. The van der Waals surface area contributed by atoms with E-state index in [0.717, 1.165) is 0 Å². The van der Waals surface area contributed by atoms with Gasteiger partial charge in [0.1, 0.15) is 6.33 Å². The molecule has 0 unspecified atom stereocenters. The van der Waals surface area contributed by atoms with Gasteiger partial charge < -0.3 is 11.5 Å². The van der Waals surface area contributed by atoms with Crippen LogP contribution in [0, 0.1) is 0 Å². The Morgan fingerprint density at radius 2 is 2.20 bits per heavy atom. The van der Waals surface area contributed by atoms with Crippen molar-refractivity contribution in [2.24, 2.45) is 16.5 Å². The minimum absolute atomic E-state index is 0.131. The molecule has 0 saturated carbocycles. The number of nitrogens with two attached hydrogens (primary N) is 2. The van der Waals surface area contributed by atoms with E-state index in [1.165, 1.54) is 23.0 Å². The van der Waals surface area contributed by atoms with Crippen molar-refractivity contribution in [3.05, 3.63) is 28.9 Å². The fraction of sp³-hybridized carbons (Fsp3) is 0. The largest absolute Gasteiger partial charge is 0.370 e. The van der Waals surface area contributed by atoms with Gasteiger partial charge in [-0.15, -0.1) is 0 Å².